The Labute approximate surface area is 210 Å². The Morgan fingerprint density at radius 1 is 1.21 bits per heavy atom. The SMILES string of the molecule is Cc1ccc(N2C[C@H](C(=O)NNc3ccc(OCc4c(F)cccc4Cl)c(Br)c3)CC2=O)cc1. The molecule has 3 aromatic rings. The van der Waals surface area contributed by atoms with Gasteiger partial charge in [0.2, 0.25) is 11.8 Å². The monoisotopic (exact) mass is 545 g/mol. The highest BCUT2D eigenvalue weighted by molar-refractivity contribution is 9.10. The molecule has 9 heteroatoms. The summed E-state index contributed by atoms with van der Waals surface area (Å²) in [5, 5.41) is 0.295. The summed E-state index contributed by atoms with van der Waals surface area (Å²) in [6.07, 6.45) is 0.149. The lowest BCUT2D eigenvalue weighted by atomic mass is 10.1. The summed E-state index contributed by atoms with van der Waals surface area (Å²) in [6.45, 7) is 2.28. The zero-order valence-corrected chi connectivity index (χ0v) is 20.6. The van der Waals surface area contributed by atoms with E-state index in [2.05, 4.69) is 26.8 Å². The van der Waals surface area contributed by atoms with Crippen LogP contribution in [0, 0.1) is 18.7 Å². The Hall–Kier alpha value is -3.10. The number of hydrogen-bond donors (Lipinski definition) is 2. The molecule has 0 saturated carbocycles. The van der Waals surface area contributed by atoms with Crippen molar-refractivity contribution in [3.05, 3.63) is 87.1 Å². The molecule has 1 saturated heterocycles. The standard InChI is InChI=1S/C25H22BrClFN3O3/c1-15-5-8-18(9-6-15)31-13-16(11-24(31)32)25(33)30-29-17-7-10-23(20(26)12-17)34-14-19-21(27)3-2-4-22(19)28/h2-10,12,16,29H,11,13-14H2,1H3,(H,30,33)/t16-/m1/s1. The predicted octanol–water partition coefficient (Wildman–Crippen LogP) is 5.63. The fraction of sp³-hybridized carbons (Fsp3) is 0.200. The number of rotatable bonds is 7. The van der Waals surface area contributed by atoms with Crippen LogP contribution in [0.5, 0.6) is 5.75 Å². The molecule has 2 amide bonds. The summed E-state index contributed by atoms with van der Waals surface area (Å²) in [4.78, 5) is 26.7. The first-order valence-electron chi connectivity index (χ1n) is 10.6. The highest BCUT2D eigenvalue weighted by atomic mass is 79.9. The van der Waals surface area contributed by atoms with Gasteiger partial charge >= 0.3 is 0 Å². The average molecular weight is 547 g/mol. The maximum atomic E-state index is 13.9. The molecular weight excluding hydrogens is 525 g/mol. The fourth-order valence-corrected chi connectivity index (χ4v) is 4.32. The Morgan fingerprint density at radius 3 is 2.68 bits per heavy atom. The van der Waals surface area contributed by atoms with Crippen molar-refractivity contribution in [2.75, 3.05) is 16.9 Å². The molecule has 1 aliphatic rings. The van der Waals surface area contributed by atoms with Crippen LogP contribution in [0.2, 0.25) is 5.02 Å². The van der Waals surface area contributed by atoms with Crippen LogP contribution in [0.3, 0.4) is 0 Å². The molecule has 176 valence electrons. The van der Waals surface area contributed by atoms with Gasteiger partial charge in [-0.2, -0.15) is 0 Å². The molecular formula is C25H22BrClFN3O3. The number of ether oxygens (including phenoxy) is 1. The van der Waals surface area contributed by atoms with E-state index >= 15 is 0 Å². The van der Waals surface area contributed by atoms with Gasteiger partial charge in [0.05, 0.1) is 21.1 Å². The highest BCUT2D eigenvalue weighted by Crippen LogP contribution is 2.30. The first-order chi connectivity index (χ1) is 16.3. The number of aryl methyl sites for hydroxylation is 1. The van der Waals surface area contributed by atoms with Gasteiger partial charge < -0.3 is 9.64 Å². The summed E-state index contributed by atoms with van der Waals surface area (Å²) < 4.78 is 20.2. The van der Waals surface area contributed by atoms with Crippen LogP contribution in [0.25, 0.3) is 0 Å². The summed E-state index contributed by atoms with van der Waals surface area (Å²) in [5.74, 6) is -0.753. The van der Waals surface area contributed by atoms with Gasteiger partial charge in [-0.25, -0.2) is 4.39 Å². The summed E-state index contributed by atoms with van der Waals surface area (Å²) in [6, 6.07) is 17.2. The molecule has 6 nitrogen and oxygen atoms in total. The normalized spacial score (nSPS) is 15.4. The Kier molecular flexibility index (Phi) is 7.38. The smallest absolute Gasteiger partial charge is 0.243 e. The minimum atomic E-state index is -0.460. The van der Waals surface area contributed by atoms with Crippen molar-refractivity contribution in [3.8, 4) is 5.75 Å². The number of hydrazine groups is 1. The second-order valence-electron chi connectivity index (χ2n) is 7.99. The molecule has 1 aliphatic heterocycles. The molecule has 3 aromatic carbocycles. The molecule has 0 spiro atoms. The van der Waals surface area contributed by atoms with Gasteiger partial charge in [-0.15, -0.1) is 0 Å². The first-order valence-corrected chi connectivity index (χ1v) is 11.8. The number of hydrogen-bond acceptors (Lipinski definition) is 4. The number of nitrogens with zero attached hydrogens (tertiary/aromatic N) is 1. The topological polar surface area (TPSA) is 70.7 Å². The summed E-state index contributed by atoms with van der Waals surface area (Å²) in [5.41, 5.74) is 8.30. The van der Waals surface area contributed by atoms with Gasteiger partial charge in [-0.1, -0.05) is 35.4 Å². The van der Waals surface area contributed by atoms with E-state index in [1.54, 1.807) is 29.2 Å². The van der Waals surface area contributed by atoms with E-state index in [0.29, 0.717) is 27.5 Å². The van der Waals surface area contributed by atoms with E-state index in [4.69, 9.17) is 16.3 Å². The molecule has 1 heterocycles. The molecule has 0 aliphatic carbocycles. The number of benzene rings is 3. The van der Waals surface area contributed by atoms with E-state index < -0.39 is 11.7 Å². The lowest BCUT2D eigenvalue weighted by Crippen LogP contribution is -2.36. The van der Waals surface area contributed by atoms with Crippen LogP contribution in [-0.2, 0) is 16.2 Å². The molecule has 34 heavy (non-hydrogen) atoms. The van der Waals surface area contributed by atoms with Crippen LogP contribution in [0.1, 0.15) is 17.5 Å². The van der Waals surface area contributed by atoms with E-state index in [-0.39, 0.29) is 30.4 Å². The fourth-order valence-electron chi connectivity index (χ4n) is 3.61. The van der Waals surface area contributed by atoms with Crippen molar-refractivity contribution in [1.82, 2.24) is 5.43 Å². The van der Waals surface area contributed by atoms with Gasteiger partial charge in [0.15, 0.2) is 0 Å². The lowest BCUT2D eigenvalue weighted by molar-refractivity contribution is -0.125. The maximum absolute atomic E-state index is 13.9. The van der Waals surface area contributed by atoms with Gasteiger partial charge in [0.1, 0.15) is 18.2 Å². The van der Waals surface area contributed by atoms with Crippen LogP contribution >= 0.6 is 27.5 Å². The van der Waals surface area contributed by atoms with Crippen molar-refractivity contribution in [3.63, 3.8) is 0 Å². The van der Waals surface area contributed by atoms with E-state index in [0.717, 1.165) is 11.3 Å². The Balaban J connectivity index is 1.32. The summed E-state index contributed by atoms with van der Waals surface area (Å²) in [7, 11) is 0. The van der Waals surface area contributed by atoms with Crippen LogP contribution in [0.15, 0.2) is 65.1 Å². The van der Waals surface area contributed by atoms with E-state index in [9.17, 15) is 14.0 Å². The number of carbonyl (C=O) groups excluding carboxylic acids is 2. The van der Waals surface area contributed by atoms with Gasteiger partial charge in [0.25, 0.3) is 0 Å². The van der Waals surface area contributed by atoms with Crippen LogP contribution in [0.4, 0.5) is 15.8 Å². The highest BCUT2D eigenvalue weighted by Gasteiger charge is 2.35. The van der Waals surface area contributed by atoms with E-state index in [1.165, 1.54) is 12.1 Å². The number of halogens is 3. The molecule has 2 N–H and O–H groups in total. The number of amides is 2. The molecule has 1 atom stereocenters. The lowest BCUT2D eigenvalue weighted by Gasteiger charge is -2.17. The Bertz CT molecular complexity index is 1200. The predicted molar refractivity (Wildman–Crippen MR) is 133 cm³/mol. The average Bonchev–Trinajstić information content (AvgIpc) is 3.20. The molecule has 0 unspecified atom stereocenters. The van der Waals surface area contributed by atoms with Gasteiger partial charge in [0, 0.05) is 24.2 Å². The maximum Gasteiger partial charge on any atom is 0.243 e. The third kappa shape index (κ3) is 5.51. The number of anilines is 2. The van der Waals surface area contributed by atoms with Gasteiger partial charge in [-0.3, -0.25) is 20.4 Å². The second-order valence-corrected chi connectivity index (χ2v) is 9.25. The number of nitrogens with one attached hydrogen (secondary N) is 2. The van der Waals surface area contributed by atoms with Crippen LogP contribution in [-0.4, -0.2) is 18.4 Å². The zero-order valence-electron chi connectivity index (χ0n) is 18.3. The Morgan fingerprint density at radius 2 is 1.97 bits per heavy atom. The minimum absolute atomic E-state index is 0.0270. The molecule has 0 aromatic heterocycles. The quantitative estimate of drug-likeness (QED) is 0.377. The molecule has 0 radical (unpaired) electrons. The van der Waals surface area contributed by atoms with Crippen LogP contribution < -0.4 is 20.5 Å². The van der Waals surface area contributed by atoms with Crippen molar-refractivity contribution in [2.45, 2.75) is 20.0 Å². The second kappa shape index (κ2) is 10.4. The van der Waals surface area contributed by atoms with Crippen molar-refractivity contribution in [1.29, 1.82) is 0 Å². The molecule has 4 rings (SSSR count). The molecule has 0 bridgehead atoms. The largest absolute Gasteiger partial charge is 0.488 e. The minimum Gasteiger partial charge on any atom is -0.488 e. The third-order valence-corrected chi connectivity index (χ3v) is 6.51. The van der Waals surface area contributed by atoms with Gasteiger partial charge in [-0.05, 0) is 65.3 Å². The van der Waals surface area contributed by atoms with Crippen molar-refractivity contribution < 1.29 is 18.7 Å². The zero-order chi connectivity index (χ0) is 24.2. The molecule has 1 fully saturated rings. The third-order valence-electron chi connectivity index (χ3n) is 5.54. The summed E-state index contributed by atoms with van der Waals surface area (Å²) >= 11 is 9.46. The van der Waals surface area contributed by atoms with Crippen molar-refractivity contribution >= 4 is 50.7 Å². The van der Waals surface area contributed by atoms with E-state index in [1.807, 2.05) is 31.2 Å². The first kappa shape index (κ1) is 24.0. The van der Waals surface area contributed by atoms with Crippen molar-refractivity contribution in [2.24, 2.45) is 5.92 Å². The number of carbonyl (C=O) groups is 2.